The number of terminal acetylenes is 2. The molecular formula is C71H73Br2Cl2F2N5. The van der Waals surface area contributed by atoms with E-state index in [1.807, 2.05) is 172 Å². The quantitative estimate of drug-likeness (QED) is 0.142. The zero-order chi connectivity index (χ0) is 61.2. The largest absolute Gasteiger partial charge is 0.261 e. The Labute approximate surface area is 515 Å². The Balaban J connectivity index is 0.000000456. The molecule has 0 bridgehead atoms. The maximum absolute atomic E-state index is 12.1. The maximum Gasteiger partial charge on any atom is 0.141 e. The first-order chi connectivity index (χ1) is 39.0. The van der Waals surface area contributed by atoms with Crippen molar-refractivity contribution in [1.82, 2.24) is 24.9 Å². The molecule has 5 nitrogen and oxygen atoms in total. The summed E-state index contributed by atoms with van der Waals surface area (Å²) in [6.45, 7) is 23.9. The Kier molecular flexibility index (Phi) is 38.1. The normalized spacial score (nSPS) is 9.07. The summed E-state index contributed by atoms with van der Waals surface area (Å²) in [5.41, 5.74) is 15.5. The van der Waals surface area contributed by atoms with E-state index in [0.29, 0.717) is 5.02 Å². The molecule has 0 unspecified atom stereocenters. The molecule has 5 heterocycles. The third-order valence-electron chi connectivity index (χ3n) is 10.2. The molecule has 0 aliphatic rings. The van der Waals surface area contributed by atoms with Crippen LogP contribution in [-0.2, 0) is 0 Å². The Morgan fingerprint density at radius 3 is 0.866 bits per heavy atom. The molecule has 0 atom stereocenters. The summed E-state index contributed by atoms with van der Waals surface area (Å²) in [4.78, 5) is 19.8. The SMILES string of the molecule is C#Cc1ccc(C)cc1.C#Cc1ccc(C)nc1.Cc1ccc(Br)cc1.Cc1ccc(Br)cn1.Cc1ccc(C)cc1.Cc1ccc(C)nc1.Cc1ccc(Cl)cc1.Cc1ccc(Cl)cn1.Cc1ccc(F)cc1.Cc1ccc(F)cn1. The second kappa shape index (κ2) is 43.1. The molecule has 11 heteroatoms. The number of rotatable bonds is 0. The standard InChI is InChI=1S/C9H8.C8H7N.C8H10.C7H7Br.C7H7Cl.C7H7F.C7H9N.C6H6BrN.C6H6ClN.C6H6FN/c1-3-9-6-4-8(2)5-7-9;1-3-8-5-4-7(2)9-6-8;1-7-3-5-8(2)6-4-7;3*1-6-2-4-7(8)5-3-6;1-6-3-4-7(2)8-5-6;3*1-5-2-3-6(7)4-8-5/h1,4-7H,2H3;1,4-6H,2H3;3-6H,1-2H3;3*2-5H,1H3;3-5H,1-2H3;3*2-4H,1H3. The molecule has 0 aliphatic carbocycles. The predicted octanol–water partition coefficient (Wildman–Crippen LogP) is 20.6. The Hall–Kier alpha value is -7.63. The lowest BCUT2D eigenvalue weighted by Gasteiger charge is -1.90. The molecule has 0 radical (unpaired) electrons. The maximum atomic E-state index is 12.1. The van der Waals surface area contributed by atoms with Crippen molar-refractivity contribution in [2.24, 2.45) is 0 Å². The van der Waals surface area contributed by atoms with Gasteiger partial charge in [-0.15, -0.1) is 12.8 Å². The summed E-state index contributed by atoms with van der Waals surface area (Å²) in [7, 11) is 0. The number of hydrogen-bond donors (Lipinski definition) is 0. The van der Waals surface area contributed by atoms with Crippen molar-refractivity contribution >= 4 is 55.1 Å². The molecule has 0 fully saturated rings. The van der Waals surface area contributed by atoms with Crippen LogP contribution in [0.15, 0.2) is 222 Å². The molecule has 0 aliphatic heterocycles. The van der Waals surface area contributed by atoms with Crippen molar-refractivity contribution in [2.45, 2.75) is 83.1 Å². The minimum Gasteiger partial charge on any atom is -0.261 e. The highest BCUT2D eigenvalue weighted by atomic mass is 79.9. The first-order valence-corrected chi connectivity index (χ1v) is 28.1. The average molecular weight is 1270 g/mol. The van der Waals surface area contributed by atoms with E-state index < -0.39 is 0 Å². The van der Waals surface area contributed by atoms with E-state index in [1.54, 1.807) is 36.8 Å². The fraction of sp³-hybridized carbons (Fsp3) is 0.169. The van der Waals surface area contributed by atoms with Crippen molar-refractivity contribution in [3.05, 3.63) is 322 Å². The van der Waals surface area contributed by atoms with Gasteiger partial charge in [0.2, 0.25) is 0 Å². The fourth-order valence-electron chi connectivity index (χ4n) is 5.33. The van der Waals surface area contributed by atoms with Gasteiger partial charge in [0, 0.05) is 78.4 Å². The van der Waals surface area contributed by atoms with Crippen LogP contribution in [0.2, 0.25) is 10.0 Å². The second-order valence-electron chi connectivity index (χ2n) is 18.2. The van der Waals surface area contributed by atoms with Gasteiger partial charge in [-0.25, -0.2) is 8.78 Å². The highest BCUT2D eigenvalue weighted by molar-refractivity contribution is 9.10. The topological polar surface area (TPSA) is 64.5 Å². The zero-order valence-corrected chi connectivity index (χ0v) is 53.5. The third-order valence-corrected chi connectivity index (χ3v) is 11.7. The van der Waals surface area contributed by atoms with Crippen molar-refractivity contribution in [3.63, 3.8) is 0 Å². The fourth-order valence-corrected chi connectivity index (χ4v) is 6.07. The van der Waals surface area contributed by atoms with Crippen molar-refractivity contribution in [3.8, 4) is 24.7 Å². The molecule has 5 aromatic heterocycles. The Morgan fingerprint density at radius 1 is 0.293 bits per heavy atom. The number of aryl methyl sites for hydroxylation is 12. The van der Waals surface area contributed by atoms with Gasteiger partial charge in [0.25, 0.3) is 0 Å². The monoisotopic (exact) mass is 1260 g/mol. The van der Waals surface area contributed by atoms with Crippen LogP contribution >= 0.6 is 55.1 Å². The summed E-state index contributed by atoms with van der Waals surface area (Å²) < 4.78 is 26.3. The van der Waals surface area contributed by atoms with E-state index >= 15 is 0 Å². The first-order valence-electron chi connectivity index (χ1n) is 25.7. The minimum absolute atomic E-state index is 0.171. The van der Waals surface area contributed by atoms with Crippen molar-refractivity contribution in [2.75, 3.05) is 0 Å². The van der Waals surface area contributed by atoms with Crippen LogP contribution in [0.25, 0.3) is 0 Å². The van der Waals surface area contributed by atoms with Gasteiger partial charge >= 0.3 is 0 Å². The molecule has 82 heavy (non-hydrogen) atoms. The smallest absolute Gasteiger partial charge is 0.141 e. The Morgan fingerprint density at radius 2 is 0.585 bits per heavy atom. The van der Waals surface area contributed by atoms with Crippen LogP contribution in [0.4, 0.5) is 8.78 Å². The Bertz CT molecular complexity index is 2570. The molecule has 0 N–H and O–H groups in total. The first kappa shape index (κ1) is 72.4. The number of nitrogens with zero attached hydrogens (tertiary/aromatic N) is 5. The molecule has 10 aromatic rings. The highest BCUT2D eigenvalue weighted by Gasteiger charge is 1.89. The lowest BCUT2D eigenvalue weighted by atomic mass is 10.2. The summed E-state index contributed by atoms with van der Waals surface area (Å²) in [6, 6.07) is 57.3. The van der Waals surface area contributed by atoms with Crippen LogP contribution in [0, 0.1) is 119 Å². The van der Waals surface area contributed by atoms with Crippen LogP contribution < -0.4 is 0 Å². The summed E-state index contributed by atoms with van der Waals surface area (Å²) in [5, 5.41) is 1.49. The highest BCUT2D eigenvalue weighted by Crippen LogP contribution is 2.10. The van der Waals surface area contributed by atoms with E-state index in [-0.39, 0.29) is 11.6 Å². The molecule has 0 saturated heterocycles. The van der Waals surface area contributed by atoms with Gasteiger partial charge in [-0.1, -0.05) is 163 Å². The summed E-state index contributed by atoms with van der Waals surface area (Å²) >= 11 is 17.8. The number of aromatic nitrogens is 5. The van der Waals surface area contributed by atoms with Gasteiger partial charge < -0.3 is 0 Å². The van der Waals surface area contributed by atoms with Crippen molar-refractivity contribution < 1.29 is 8.78 Å². The van der Waals surface area contributed by atoms with Crippen LogP contribution in [0.3, 0.4) is 0 Å². The summed E-state index contributed by atoms with van der Waals surface area (Å²) in [6.07, 6.45) is 18.4. The molecule has 424 valence electrons. The van der Waals surface area contributed by atoms with Crippen LogP contribution in [0.5, 0.6) is 0 Å². The van der Waals surface area contributed by atoms with Gasteiger partial charge in [0.05, 0.1) is 11.2 Å². The molecular weight excluding hydrogens is 1190 g/mol. The molecule has 0 spiro atoms. The molecule has 0 amide bonds. The van der Waals surface area contributed by atoms with Gasteiger partial charge in [-0.2, -0.15) is 0 Å². The second-order valence-corrected chi connectivity index (χ2v) is 20.9. The van der Waals surface area contributed by atoms with E-state index in [4.69, 9.17) is 36.0 Å². The lowest BCUT2D eigenvalue weighted by Crippen LogP contribution is -1.79. The molecule has 5 aromatic carbocycles. The van der Waals surface area contributed by atoms with Crippen molar-refractivity contribution in [1.29, 1.82) is 0 Å². The number of benzene rings is 5. The van der Waals surface area contributed by atoms with Gasteiger partial charge in [0.15, 0.2) is 0 Å². The molecule has 0 saturated carbocycles. The number of hydrogen-bond acceptors (Lipinski definition) is 5. The average Bonchev–Trinajstić information content (AvgIpc) is 3.47. The van der Waals surface area contributed by atoms with E-state index in [9.17, 15) is 8.78 Å². The lowest BCUT2D eigenvalue weighted by molar-refractivity contribution is 0.620. The van der Waals surface area contributed by atoms with Gasteiger partial charge in [-0.05, 0) is 208 Å². The van der Waals surface area contributed by atoms with E-state index in [0.717, 1.165) is 59.1 Å². The van der Waals surface area contributed by atoms with Gasteiger partial charge in [0.1, 0.15) is 11.6 Å². The molecule has 10 rings (SSSR count). The van der Waals surface area contributed by atoms with Crippen LogP contribution in [0.1, 0.15) is 78.5 Å². The van der Waals surface area contributed by atoms with Crippen LogP contribution in [-0.4, -0.2) is 24.9 Å². The third kappa shape index (κ3) is 39.7. The number of halogens is 6. The number of pyridine rings is 5. The van der Waals surface area contributed by atoms with E-state index in [2.05, 4.69) is 132 Å². The van der Waals surface area contributed by atoms with Gasteiger partial charge in [-0.3, -0.25) is 24.9 Å². The minimum atomic E-state index is -0.282. The zero-order valence-electron chi connectivity index (χ0n) is 48.9. The van der Waals surface area contributed by atoms with E-state index in [1.165, 1.54) is 57.8 Å². The predicted molar refractivity (Wildman–Crippen MR) is 351 cm³/mol. The summed E-state index contributed by atoms with van der Waals surface area (Å²) in [5.74, 6) is 4.59.